The fourth-order valence-corrected chi connectivity index (χ4v) is 6.64. The van der Waals surface area contributed by atoms with Crippen molar-refractivity contribution in [3.8, 4) is 5.75 Å². The highest BCUT2D eigenvalue weighted by Crippen LogP contribution is 2.58. The maximum absolute atomic E-state index is 13.1. The summed E-state index contributed by atoms with van der Waals surface area (Å²) >= 11 is 7.94. The molecule has 2 bridgehead atoms. The average molecular weight is 376 g/mol. The maximum atomic E-state index is 13.1. The molecule has 25 heavy (non-hydrogen) atoms. The van der Waals surface area contributed by atoms with Crippen LogP contribution in [0.25, 0.3) is 10.1 Å². The van der Waals surface area contributed by atoms with Gasteiger partial charge in [0, 0.05) is 12.0 Å². The van der Waals surface area contributed by atoms with E-state index >= 15 is 0 Å². The third kappa shape index (κ3) is 2.37. The molecule has 3 saturated heterocycles. The van der Waals surface area contributed by atoms with Gasteiger partial charge in [0.15, 0.2) is 5.78 Å². The number of ketones is 1. The van der Waals surface area contributed by atoms with Gasteiger partial charge in [-0.15, -0.1) is 11.3 Å². The number of benzene rings is 1. The van der Waals surface area contributed by atoms with Crippen molar-refractivity contribution in [2.45, 2.75) is 37.6 Å². The van der Waals surface area contributed by atoms with Crippen LogP contribution in [-0.2, 0) is 0 Å². The Morgan fingerprint density at radius 3 is 2.80 bits per heavy atom. The molecule has 4 heterocycles. The summed E-state index contributed by atoms with van der Waals surface area (Å²) in [6.45, 7) is 2.49. The van der Waals surface area contributed by atoms with Crippen molar-refractivity contribution in [2.24, 2.45) is 11.8 Å². The number of fused-ring (bicyclic) bond motifs is 3. The number of carbonyl (C=O) groups is 1. The standard InChI is InChI=1S/C20H22ClNO2S/c1-24-16-3-2-13-10-17(25-19(13)18(16)21)15(23)11-14-12-4-8-22(9-5-12)20(14)6-7-20/h2-3,10,12,14H,4-9,11H2,1H3/t14-/m1/s1. The number of rotatable bonds is 4. The second-order valence-electron chi connectivity index (χ2n) is 7.77. The van der Waals surface area contributed by atoms with Gasteiger partial charge in [0.2, 0.25) is 0 Å². The second-order valence-corrected chi connectivity index (χ2v) is 9.20. The predicted molar refractivity (Wildman–Crippen MR) is 102 cm³/mol. The summed E-state index contributed by atoms with van der Waals surface area (Å²) in [7, 11) is 1.62. The Hall–Kier alpha value is -1.10. The van der Waals surface area contributed by atoms with Crippen molar-refractivity contribution < 1.29 is 9.53 Å². The van der Waals surface area contributed by atoms with E-state index in [2.05, 4.69) is 4.90 Å². The minimum atomic E-state index is 0.293. The Labute approximate surface area is 156 Å². The number of thiophene rings is 1. The van der Waals surface area contributed by atoms with Crippen LogP contribution in [0.1, 0.15) is 41.8 Å². The lowest BCUT2D eigenvalue weighted by molar-refractivity contribution is -0.0273. The first kappa shape index (κ1) is 16.1. The number of methoxy groups -OCH3 is 1. The first-order valence-electron chi connectivity index (χ1n) is 9.17. The lowest BCUT2D eigenvalue weighted by Gasteiger charge is -2.52. The summed E-state index contributed by atoms with van der Waals surface area (Å²) in [6.07, 6.45) is 5.82. The van der Waals surface area contributed by atoms with Crippen LogP contribution in [0, 0.1) is 11.8 Å². The molecule has 5 heteroatoms. The van der Waals surface area contributed by atoms with Crippen molar-refractivity contribution in [1.29, 1.82) is 0 Å². The highest BCUT2D eigenvalue weighted by molar-refractivity contribution is 7.21. The predicted octanol–water partition coefficient (Wildman–Crippen LogP) is 5.01. The van der Waals surface area contributed by atoms with Gasteiger partial charge in [0.05, 0.1) is 16.7 Å². The lowest BCUT2D eigenvalue weighted by Crippen LogP contribution is -2.57. The zero-order valence-electron chi connectivity index (χ0n) is 14.4. The molecule has 0 radical (unpaired) electrons. The van der Waals surface area contributed by atoms with Crippen LogP contribution >= 0.6 is 22.9 Å². The highest BCUT2D eigenvalue weighted by atomic mass is 35.5. The number of nitrogens with zero attached hydrogens (tertiary/aromatic N) is 1. The number of hydrogen-bond acceptors (Lipinski definition) is 4. The molecule has 0 amide bonds. The minimum absolute atomic E-state index is 0.293. The third-order valence-electron chi connectivity index (χ3n) is 6.68. The van der Waals surface area contributed by atoms with Gasteiger partial charge in [0.25, 0.3) is 0 Å². The highest BCUT2D eigenvalue weighted by Gasteiger charge is 2.60. The molecule has 1 aromatic carbocycles. The van der Waals surface area contributed by atoms with E-state index in [0.29, 0.717) is 34.4 Å². The van der Waals surface area contributed by atoms with Crippen molar-refractivity contribution in [1.82, 2.24) is 4.90 Å². The Kier molecular flexibility index (Phi) is 3.67. The zero-order chi connectivity index (χ0) is 17.2. The summed E-state index contributed by atoms with van der Waals surface area (Å²) < 4.78 is 6.26. The SMILES string of the molecule is COc1ccc2cc(C(=O)C[C@@H]3C4CCN(CC4)C34CC4)sc2c1Cl. The monoisotopic (exact) mass is 375 g/mol. The molecule has 132 valence electrons. The topological polar surface area (TPSA) is 29.5 Å². The van der Waals surface area contributed by atoms with E-state index in [0.717, 1.165) is 20.9 Å². The van der Waals surface area contributed by atoms with Crippen LogP contribution in [0.3, 0.4) is 0 Å². The lowest BCUT2D eigenvalue weighted by atomic mass is 9.70. The van der Waals surface area contributed by atoms with E-state index in [1.807, 2.05) is 18.2 Å². The third-order valence-corrected chi connectivity index (χ3v) is 8.38. The molecule has 1 aromatic heterocycles. The fraction of sp³-hybridized carbons (Fsp3) is 0.550. The van der Waals surface area contributed by atoms with Gasteiger partial charge >= 0.3 is 0 Å². The molecule has 3 aliphatic heterocycles. The first-order valence-corrected chi connectivity index (χ1v) is 10.4. The van der Waals surface area contributed by atoms with Crippen molar-refractivity contribution in [3.05, 3.63) is 28.1 Å². The van der Waals surface area contributed by atoms with Gasteiger partial charge in [0.1, 0.15) is 10.8 Å². The molecule has 1 saturated carbocycles. The molecular formula is C20H22ClNO2S. The number of hydrogen-bond donors (Lipinski definition) is 0. The summed E-state index contributed by atoms with van der Waals surface area (Å²) in [5.74, 6) is 2.26. The average Bonchev–Trinajstić information content (AvgIpc) is 3.28. The van der Waals surface area contributed by atoms with Gasteiger partial charge in [-0.05, 0) is 74.2 Å². The van der Waals surface area contributed by atoms with E-state index in [1.54, 1.807) is 7.11 Å². The first-order chi connectivity index (χ1) is 12.1. The quantitative estimate of drug-likeness (QED) is 0.703. The normalized spacial score (nSPS) is 29.3. The smallest absolute Gasteiger partial charge is 0.173 e. The van der Waals surface area contributed by atoms with Gasteiger partial charge in [-0.1, -0.05) is 11.6 Å². The van der Waals surface area contributed by atoms with Gasteiger partial charge in [-0.25, -0.2) is 0 Å². The van der Waals surface area contributed by atoms with Crippen LogP contribution in [-0.4, -0.2) is 36.4 Å². The summed E-state index contributed by atoms with van der Waals surface area (Å²) in [5, 5.41) is 1.65. The molecule has 0 unspecified atom stereocenters. The molecule has 4 fully saturated rings. The van der Waals surface area contributed by atoms with Crippen molar-refractivity contribution in [3.63, 3.8) is 0 Å². The van der Waals surface area contributed by atoms with Crippen LogP contribution in [0.4, 0.5) is 0 Å². The second kappa shape index (κ2) is 5.70. The van der Waals surface area contributed by atoms with Gasteiger partial charge < -0.3 is 4.74 Å². The number of halogens is 1. The number of ether oxygens (including phenoxy) is 1. The van der Waals surface area contributed by atoms with E-state index in [9.17, 15) is 4.79 Å². The van der Waals surface area contributed by atoms with Gasteiger partial charge in [-0.2, -0.15) is 0 Å². The van der Waals surface area contributed by atoms with E-state index in [-0.39, 0.29) is 0 Å². The van der Waals surface area contributed by atoms with Crippen molar-refractivity contribution in [2.75, 3.05) is 20.2 Å². The number of carbonyl (C=O) groups excluding carboxylic acids is 1. The van der Waals surface area contributed by atoms with Crippen LogP contribution in [0.5, 0.6) is 5.75 Å². The zero-order valence-corrected chi connectivity index (χ0v) is 16.0. The Balaban J connectivity index is 1.43. The Morgan fingerprint density at radius 2 is 2.12 bits per heavy atom. The molecule has 1 aliphatic carbocycles. The summed E-state index contributed by atoms with van der Waals surface area (Å²) in [5.41, 5.74) is 0.369. The maximum Gasteiger partial charge on any atom is 0.173 e. The largest absolute Gasteiger partial charge is 0.495 e. The molecule has 3 nitrogen and oxygen atoms in total. The summed E-state index contributed by atoms with van der Waals surface area (Å²) in [6, 6.07) is 5.87. The van der Waals surface area contributed by atoms with Crippen LogP contribution in [0.15, 0.2) is 18.2 Å². The molecule has 0 N–H and O–H groups in total. The number of piperidine rings is 3. The summed E-state index contributed by atoms with van der Waals surface area (Å²) in [4.78, 5) is 16.6. The minimum Gasteiger partial charge on any atom is -0.495 e. The van der Waals surface area contributed by atoms with Crippen LogP contribution < -0.4 is 4.74 Å². The molecule has 1 spiro atoms. The Morgan fingerprint density at radius 1 is 1.36 bits per heavy atom. The van der Waals surface area contributed by atoms with E-state index in [4.69, 9.17) is 16.3 Å². The Bertz CT molecular complexity index is 849. The number of Topliss-reactive ketones (excluding diaryl/α,β-unsaturated/α-hetero) is 1. The van der Waals surface area contributed by atoms with Crippen LogP contribution in [0.2, 0.25) is 5.02 Å². The molecule has 4 aliphatic rings. The van der Waals surface area contributed by atoms with Crippen molar-refractivity contribution >= 4 is 38.8 Å². The molecule has 6 rings (SSSR count). The molecule has 2 aromatic rings. The van der Waals surface area contributed by atoms with E-state index < -0.39 is 0 Å². The molecular weight excluding hydrogens is 354 g/mol. The van der Waals surface area contributed by atoms with E-state index in [1.165, 1.54) is 50.1 Å². The fourth-order valence-electron chi connectivity index (χ4n) is 5.24. The van der Waals surface area contributed by atoms with Gasteiger partial charge in [-0.3, -0.25) is 9.69 Å². The molecule has 1 atom stereocenters.